The van der Waals surface area contributed by atoms with Gasteiger partial charge in [-0.2, -0.15) is 0 Å². The number of carbonyl (C=O) groups excluding carboxylic acids is 2. The van der Waals surface area contributed by atoms with Crippen molar-refractivity contribution in [2.45, 2.75) is 38.3 Å². The quantitative estimate of drug-likeness (QED) is 0.830. The molecule has 1 N–H and O–H groups in total. The first-order valence-electron chi connectivity index (χ1n) is 7.89. The lowest BCUT2D eigenvalue weighted by molar-refractivity contribution is -0.130. The van der Waals surface area contributed by atoms with Gasteiger partial charge in [-0.15, -0.1) is 11.3 Å². The van der Waals surface area contributed by atoms with Crippen molar-refractivity contribution < 1.29 is 14.3 Å². The van der Waals surface area contributed by atoms with E-state index in [1.165, 1.54) is 5.56 Å². The third-order valence-electron chi connectivity index (χ3n) is 4.11. The predicted molar refractivity (Wildman–Crippen MR) is 94.5 cm³/mol. The molecule has 0 spiro atoms. The fourth-order valence-electron chi connectivity index (χ4n) is 2.89. The molecule has 0 unspecified atom stereocenters. The van der Waals surface area contributed by atoms with Crippen molar-refractivity contribution in [1.82, 2.24) is 5.32 Å². The second kappa shape index (κ2) is 7.36. The van der Waals surface area contributed by atoms with Gasteiger partial charge >= 0.3 is 5.97 Å². The van der Waals surface area contributed by atoms with Gasteiger partial charge in [0, 0.05) is 0 Å². The van der Waals surface area contributed by atoms with Crippen molar-refractivity contribution in [3.8, 4) is 0 Å². The molecule has 1 aliphatic carbocycles. The largest absolute Gasteiger partial charge is 0.448 e. The Balaban J connectivity index is 1.62. The summed E-state index contributed by atoms with van der Waals surface area (Å²) in [6.45, 7) is 1.58. The van der Waals surface area contributed by atoms with Crippen LogP contribution in [-0.4, -0.2) is 18.0 Å². The first-order valence-corrected chi connectivity index (χ1v) is 9.08. The Morgan fingerprint density at radius 3 is 2.83 bits per heavy atom. The van der Waals surface area contributed by atoms with Crippen molar-refractivity contribution in [3.63, 3.8) is 0 Å². The molecule has 126 valence electrons. The van der Waals surface area contributed by atoms with Gasteiger partial charge in [0.05, 0.1) is 10.4 Å². The minimum absolute atomic E-state index is 0.0280. The molecule has 4 nitrogen and oxygen atoms in total. The third-order valence-corrected chi connectivity index (χ3v) is 5.32. The maximum absolute atomic E-state index is 12.4. The Kier molecular flexibility index (Phi) is 5.21. The van der Waals surface area contributed by atoms with Gasteiger partial charge in [-0.05, 0) is 49.4 Å². The Bertz CT molecular complexity index is 758. The molecule has 3 rings (SSSR count). The zero-order chi connectivity index (χ0) is 17.1. The summed E-state index contributed by atoms with van der Waals surface area (Å²) in [7, 11) is 0. The normalized spacial score (nSPS) is 17.7. The number of rotatable bonds is 4. The van der Waals surface area contributed by atoms with Crippen molar-refractivity contribution in [2.24, 2.45) is 0 Å². The summed E-state index contributed by atoms with van der Waals surface area (Å²) < 4.78 is 5.75. The van der Waals surface area contributed by atoms with E-state index in [9.17, 15) is 9.59 Å². The molecule has 6 heteroatoms. The summed E-state index contributed by atoms with van der Waals surface area (Å²) in [5.41, 5.74) is 2.42. The van der Waals surface area contributed by atoms with Gasteiger partial charge in [-0.25, -0.2) is 4.79 Å². The van der Waals surface area contributed by atoms with Crippen molar-refractivity contribution >= 4 is 34.8 Å². The lowest BCUT2D eigenvalue weighted by atomic mass is 9.87. The number of thiophene rings is 1. The van der Waals surface area contributed by atoms with E-state index in [1.807, 2.05) is 18.2 Å². The molecule has 2 aromatic rings. The van der Waals surface area contributed by atoms with Crippen molar-refractivity contribution in [1.29, 1.82) is 0 Å². The van der Waals surface area contributed by atoms with Gasteiger partial charge < -0.3 is 10.1 Å². The first-order chi connectivity index (χ1) is 11.5. The molecule has 1 heterocycles. The highest BCUT2D eigenvalue weighted by molar-refractivity contribution is 7.17. The topological polar surface area (TPSA) is 55.4 Å². The first kappa shape index (κ1) is 17.0. The average Bonchev–Trinajstić information content (AvgIpc) is 3.01. The number of carbonyl (C=O) groups is 2. The molecule has 1 amide bonds. The van der Waals surface area contributed by atoms with E-state index in [1.54, 1.807) is 19.1 Å². The average molecular weight is 364 g/mol. The highest BCUT2D eigenvalue weighted by Gasteiger charge is 2.25. The number of hydrogen-bond acceptors (Lipinski definition) is 4. The van der Waals surface area contributed by atoms with Crippen LogP contribution < -0.4 is 5.32 Å². The van der Waals surface area contributed by atoms with Gasteiger partial charge in [0.15, 0.2) is 6.10 Å². The Morgan fingerprint density at radius 1 is 1.29 bits per heavy atom. The number of halogens is 1. The fraction of sp³-hybridized carbons (Fsp3) is 0.333. The van der Waals surface area contributed by atoms with Crippen LogP contribution in [0.4, 0.5) is 0 Å². The molecule has 0 bridgehead atoms. The number of nitrogens with one attached hydrogen (secondary N) is 1. The molecular weight excluding hydrogens is 346 g/mol. The second-order valence-corrected chi connectivity index (χ2v) is 7.52. The molecule has 0 radical (unpaired) electrons. The minimum atomic E-state index is -0.854. The zero-order valence-electron chi connectivity index (χ0n) is 13.3. The Labute approximate surface area is 149 Å². The lowest BCUT2D eigenvalue weighted by Crippen LogP contribution is -2.39. The molecule has 24 heavy (non-hydrogen) atoms. The van der Waals surface area contributed by atoms with Crippen LogP contribution in [0.25, 0.3) is 0 Å². The lowest BCUT2D eigenvalue weighted by Gasteiger charge is -2.27. The van der Waals surface area contributed by atoms with E-state index in [0.29, 0.717) is 9.21 Å². The van der Waals surface area contributed by atoms with E-state index in [2.05, 4.69) is 11.4 Å². The van der Waals surface area contributed by atoms with Gasteiger partial charge in [0.2, 0.25) is 0 Å². The molecule has 1 aliphatic rings. The van der Waals surface area contributed by atoms with Gasteiger partial charge in [-0.3, -0.25) is 4.79 Å². The zero-order valence-corrected chi connectivity index (χ0v) is 14.8. The summed E-state index contributed by atoms with van der Waals surface area (Å²) in [6.07, 6.45) is 2.10. The summed E-state index contributed by atoms with van der Waals surface area (Å²) >= 11 is 6.95. The van der Waals surface area contributed by atoms with E-state index in [-0.39, 0.29) is 11.9 Å². The molecule has 0 aliphatic heterocycles. The van der Waals surface area contributed by atoms with Crippen LogP contribution in [0, 0.1) is 0 Å². The maximum Gasteiger partial charge on any atom is 0.349 e. The number of hydrogen-bond donors (Lipinski definition) is 1. The summed E-state index contributed by atoms with van der Waals surface area (Å²) in [5, 5.41) is 3.00. The van der Waals surface area contributed by atoms with Gasteiger partial charge in [0.25, 0.3) is 5.91 Å². The fourth-order valence-corrected chi connectivity index (χ4v) is 3.82. The van der Waals surface area contributed by atoms with Crippen LogP contribution in [0.2, 0.25) is 4.34 Å². The number of amides is 1. The highest BCUT2D eigenvalue weighted by atomic mass is 35.5. The van der Waals surface area contributed by atoms with Crippen LogP contribution in [0.15, 0.2) is 36.4 Å². The predicted octanol–water partition coefficient (Wildman–Crippen LogP) is 4.14. The molecular formula is C18H18ClNO3S. The van der Waals surface area contributed by atoms with Crippen LogP contribution in [0.5, 0.6) is 0 Å². The van der Waals surface area contributed by atoms with E-state index >= 15 is 0 Å². The third kappa shape index (κ3) is 3.79. The highest BCUT2D eigenvalue weighted by Crippen LogP contribution is 2.29. The van der Waals surface area contributed by atoms with Crippen LogP contribution in [0.1, 0.15) is 46.6 Å². The standard InChI is InChI=1S/C18H18ClNO3S/c1-11(23-18(22)15-9-10-16(19)24-15)17(21)20-14-8-4-6-12-5-2-3-7-13(12)14/h2-3,5,7,9-11,14H,4,6,8H2,1H3,(H,20,21)/t11-,14+/m1/s1. The van der Waals surface area contributed by atoms with Crippen molar-refractivity contribution in [2.75, 3.05) is 0 Å². The Hall–Kier alpha value is -1.85. The second-order valence-electron chi connectivity index (χ2n) is 5.80. The number of aryl methyl sites for hydroxylation is 1. The van der Waals surface area contributed by atoms with Gasteiger partial charge in [0.1, 0.15) is 4.88 Å². The van der Waals surface area contributed by atoms with Gasteiger partial charge in [-0.1, -0.05) is 35.9 Å². The smallest absolute Gasteiger partial charge is 0.349 e. The molecule has 0 fully saturated rings. The number of ether oxygens (including phenoxy) is 1. The minimum Gasteiger partial charge on any atom is -0.448 e. The van der Waals surface area contributed by atoms with Crippen LogP contribution in [-0.2, 0) is 16.0 Å². The number of esters is 1. The van der Waals surface area contributed by atoms with E-state index < -0.39 is 12.1 Å². The van der Waals surface area contributed by atoms with Crippen LogP contribution in [0.3, 0.4) is 0 Å². The SMILES string of the molecule is C[C@@H](OC(=O)c1ccc(Cl)s1)C(=O)N[C@H]1CCCc2ccccc21. The molecule has 2 atom stereocenters. The summed E-state index contributed by atoms with van der Waals surface area (Å²) in [6, 6.07) is 11.3. The summed E-state index contributed by atoms with van der Waals surface area (Å²) in [5.74, 6) is -0.814. The number of benzene rings is 1. The molecule has 0 saturated carbocycles. The summed E-state index contributed by atoms with van der Waals surface area (Å²) in [4.78, 5) is 24.8. The monoisotopic (exact) mass is 363 g/mol. The molecule has 0 saturated heterocycles. The Morgan fingerprint density at radius 2 is 2.08 bits per heavy atom. The van der Waals surface area contributed by atoms with Crippen molar-refractivity contribution in [3.05, 3.63) is 56.7 Å². The molecule has 1 aromatic carbocycles. The van der Waals surface area contributed by atoms with Crippen LogP contribution >= 0.6 is 22.9 Å². The van der Waals surface area contributed by atoms with E-state index in [0.717, 1.165) is 36.2 Å². The molecule has 1 aromatic heterocycles. The van der Waals surface area contributed by atoms with E-state index in [4.69, 9.17) is 16.3 Å². The number of fused-ring (bicyclic) bond motifs is 1. The maximum atomic E-state index is 12.4.